The summed E-state index contributed by atoms with van der Waals surface area (Å²) >= 11 is 1.72. The zero-order valence-corrected chi connectivity index (χ0v) is 15.2. The topological polar surface area (TPSA) is 49.8 Å². The van der Waals surface area contributed by atoms with Crippen molar-refractivity contribution in [2.45, 2.75) is 26.9 Å². The van der Waals surface area contributed by atoms with Gasteiger partial charge in [-0.3, -0.25) is 4.99 Å². The number of para-hydroxylation sites is 1. The number of aryl methyl sites for hydroxylation is 2. The summed E-state index contributed by atoms with van der Waals surface area (Å²) in [6.07, 6.45) is 0. The second kappa shape index (κ2) is 7.97. The van der Waals surface area contributed by atoms with E-state index in [9.17, 15) is 0 Å². The number of thiazole rings is 1. The van der Waals surface area contributed by atoms with E-state index in [1.54, 1.807) is 25.5 Å². The average Bonchev–Trinajstić information content (AvgIpc) is 2.86. The van der Waals surface area contributed by atoms with Crippen LogP contribution in [0.1, 0.15) is 21.1 Å². The van der Waals surface area contributed by atoms with Crippen LogP contribution in [-0.2, 0) is 13.1 Å². The first-order valence-electron chi connectivity index (χ1n) is 7.51. The molecule has 1 heterocycles. The van der Waals surface area contributed by atoms with Crippen molar-refractivity contribution in [2.75, 3.05) is 21.2 Å². The highest BCUT2D eigenvalue weighted by atomic mass is 32.1. The van der Waals surface area contributed by atoms with Crippen molar-refractivity contribution >= 4 is 17.3 Å². The Balaban J connectivity index is 2.01. The summed E-state index contributed by atoms with van der Waals surface area (Å²) in [4.78, 5) is 12.2. The van der Waals surface area contributed by atoms with Gasteiger partial charge >= 0.3 is 0 Å². The molecule has 5 nitrogen and oxygen atoms in total. The van der Waals surface area contributed by atoms with Gasteiger partial charge in [-0.25, -0.2) is 4.98 Å². The molecule has 0 radical (unpaired) electrons. The van der Waals surface area contributed by atoms with Gasteiger partial charge in [0.25, 0.3) is 0 Å². The highest BCUT2D eigenvalue weighted by Crippen LogP contribution is 2.19. The normalized spacial score (nSPS) is 11.4. The summed E-state index contributed by atoms with van der Waals surface area (Å²) < 4.78 is 5.41. The predicted molar refractivity (Wildman–Crippen MR) is 96.2 cm³/mol. The molecule has 0 aliphatic heterocycles. The SMILES string of the molecule is CN=C(NCc1sc(C)nc1C)N(C)Cc1ccccc1OC. The highest BCUT2D eigenvalue weighted by molar-refractivity contribution is 7.11. The van der Waals surface area contributed by atoms with E-state index in [0.29, 0.717) is 0 Å². The van der Waals surface area contributed by atoms with Crippen LogP contribution in [0.4, 0.5) is 0 Å². The first kappa shape index (κ1) is 17.3. The Labute approximate surface area is 142 Å². The molecule has 0 atom stereocenters. The molecule has 0 bridgehead atoms. The van der Waals surface area contributed by atoms with Crippen molar-refractivity contribution in [2.24, 2.45) is 4.99 Å². The molecule has 124 valence electrons. The van der Waals surface area contributed by atoms with E-state index in [4.69, 9.17) is 4.74 Å². The van der Waals surface area contributed by atoms with Gasteiger partial charge in [0.1, 0.15) is 5.75 Å². The summed E-state index contributed by atoms with van der Waals surface area (Å²) in [6, 6.07) is 8.04. The third kappa shape index (κ3) is 4.45. The lowest BCUT2D eigenvalue weighted by Gasteiger charge is -2.23. The van der Waals surface area contributed by atoms with E-state index in [-0.39, 0.29) is 0 Å². The van der Waals surface area contributed by atoms with Crippen LogP contribution in [0.25, 0.3) is 0 Å². The minimum atomic E-state index is 0.727. The second-order valence-corrected chi connectivity index (χ2v) is 6.60. The summed E-state index contributed by atoms with van der Waals surface area (Å²) in [5.74, 6) is 1.74. The second-order valence-electron chi connectivity index (χ2n) is 5.31. The summed E-state index contributed by atoms with van der Waals surface area (Å²) in [6.45, 7) is 5.54. The van der Waals surface area contributed by atoms with Gasteiger partial charge in [0, 0.05) is 31.1 Å². The van der Waals surface area contributed by atoms with Crippen molar-refractivity contribution in [3.8, 4) is 5.75 Å². The molecule has 1 aromatic carbocycles. The molecule has 0 fully saturated rings. The van der Waals surface area contributed by atoms with Crippen molar-refractivity contribution in [1.29, 1.82) is 0 Å². The number of guanidine groups is 1. The van der Waals surface area contributed by atoms with Crippen LogP contribution < -0.4 is 10.1 Å². The van der Waals surface area contributed by atoms with Gasteiger partial charge in [0.15, 0.2) is 5.96 Å². The van der Waals surface area contributed by atoms with Crippen molar-refractivity contribution in [3.05, 3.63) is 45.4 Å². The van der Waals surface area contributed by atoms with Crippen LogP contribution in [0, 0.1) is 13.8 Å². The molecule has 1 N–H and O–H groups in total. The zero-order chi connectivity index (χ0) is 16.8. The Hall–Kier alpha value is -2.08. The first-order valence-corrected chi connectivity index (χ1v) is 8.33. The summed E-state index contributed by atoms with van der Waals surface area (Å²) in [7, 11) is 5.51. The maximum Gasteiger partial charge on any atom is 0.193 e. The number of aromatic nitrogens is 1. The fourth-order valence-corrected chi connectivity index (χ4v) is 3.32. The summed E-state index contributed by atoms with van der Waals surface area (Å²) in [5, 5.41) is 4.50. The van der Waals surface area contributed by atoms with Gasteiger partial charge in [-0.1, -0.05) is 18.2 Å². The van der Waals surface area contributed by atoms with Gasteiger partial charge in [0.2, 0.25) is 0 Å². The molecule has 0 spiro atoms. The molecule has 0 aliphatic rings. The summed E-state index contributed by atoms with van der Waals surface area (Å²) in [5.41, 5.74) is 2.22. The molecular weight excluding hydrogens is 308 g/mol. The number of nitrogens with one attached hydrogen (secondary N) is 1. The Kier molecular flexibility index (Phi) is 5.98. The van der Waals surface area contributed by atoms with E-state index < -0.39 is 0 Å². The first-order chi connectivity index (χ1) is 11.0. The van der Waals surface area contributed by atoms with E-state index in [1.165, 1.54) is 4.88 Å². The van der Waals surface area contributed by atoms with E-state index in [2.05, 4.69) is 26.3 Å². The monoisotopic (exact) mass is 332 g/mol. The highest BCUT2D eigenvalue weighted by Gasteiger charge is 2.11. The molecule has 6 heteroatoms. The fourth-order valence-electron chi connectivity index (χ4n) is 2.45. The molecule has 0 unspecified atom stereocenters. The molecule has 0 saturated carbocycles. The molecule has 23 heavy (non-hydrogen) atoms. The van der Waals surface area contributed by atoms with Crippen LogP contribution in [0.15, 0.2) is 29.3 Å². The molecule has 2 rings (SSSR count). The number of rotatable bonds is 5. The Morgan fingerprint density at radius 3 is 2.70 bits per heavy atom. The smallest absolute Gasteiger partial charge is 0.193 e. The fraction of sp³-hybridized carbons (Fsp3) is 0.412. The van der Waals surface area contributed by atoms with Gasteiger partial charge in [-0.05, 0) is 19.9 Å². The number of hydrogen-bond acceptors (Lipinski definition) is 4. The number of methoxy groups -OCH3 is 1. The van der Waals surface area contributed by atoms with Crippen LogP contribution >= 0.6 is 11.3 Å². The molecule has 0 aliphatic carbocycles. The molecule has 1 aromatic heterocycles. The van der Waals surface area contributed by atoms with Crippen molar-refractivity contribution < 1.29 is 4.74 Å². The quantitative estimate of drug-likeness (QED) is 0.675. The number of nitrogens with zero attached hydrogens (tertiary/aromatic N) is 3. The van der Waals surface area contributed by atoms with Crippen LogP contribution in [0.2, 0.25) is 0 Å². The zero-order valence-electron chi connectivity index (χ0n) is 14.4. The van der Waals surface area contributed by atoms with Gasteiger partial charge in [-0.2, -0.15) is 0 Å². The third-order valence-corrected chi connectivity index (χ3v) is 4.65. The van der Waals surface area contributed by atoms with Crippen LogP contribution in [0.3, 0.4) is 0 Å². The van der Waals surface area contributed by atoms with E-state index in [0.717, 1.165) is 41.1 Å². The largest absolute Gasteiger partial charge is 0.496 e. The minimum Gasteiger partial charge on any atom is -0.496 e. The van der Waals surface area contributed by atoms with Crippen LogP contribution in [-0.4, -0.2) is 37.0 Å². The number of benzene rings is 1. The average molecular weight is 332 g/mol. The van der Waals surface area contributed by atoms with Gasteiger partial charge in [-0.15, -0.1) is 11.3 Å². The number of ether oxygens (including phenoxy) is 1. The molecule has 0 amide bonds. The van der Waals surface area contributed by atoms with E-state index >= 15 is 0 Å². The lowest BCUT2D eigenvalue weighted by molar-refractivity contribution is 0.396. The predicted octanol–water partition coefficient (Wildman–Crippen LogP) is 2.98. The maximum atomic E-state index is 5.41. The Bertz CT molecular complexity index is 681. The molecule has 0 saturated heterocycles. The third-order valence-electron chi connectivity index (χ3n) is 3.58. The van der Waals surface area contributed by atoms with Crippen molar-refractivity contribution in [3.63, 3.8) is 0 Å². The van der Waals surface area contributed by atoms with E-state index in [1.807, 2.05) is 39.1 Å². The number of aliphatic imine (C=N–C) groups is 1. The maximum absolute atomic E-state index is 5.41. The lowest BCUT2D eigenvalue weighted by Crippen LogP contribution is -2.38. The minimum absolute atomic E-state index is 0.727. The Morgan fingerprint density at radius 2 is 2.09 bits per heavy atom. The molecular formula is C17H24N4OS. The lowest BCUT2D eigenvalue weighted by atomic mass is 10.2. The standard InChI is InChI=1S/C17H24N4OS/c1-12-16(23-13(2)20-12)10-19-17(18-3)21(4)11-14-8-6-7-9-15(14)22-5/h6-9H,10-11H2,1-5H3,(H,18,19). The molecule has 2 aromatic rings. The number of hydrogen-bond donors (Lipinski definition) is 1. The van der Waals surface area contributed by atoms with Gasteiger partial charge in [0.05, 0.1) is 24.4 Å². The van der Waals surface area contributed by atoms with Crippen molar-refractivity contribution in [1.82, 2.24) is 15.2 Å². The van der Waals surface area contributed by atoms with Gasteiger partial charge < -0.3 is 15.0 Å². The Morgan fingerprint density at radius 1 is 1.35 bits per heavy atom. The van der Waals surface area contributed by atoms with Crippen LogP contribution in [0.5, 0.6) is 5.75 Å².